The van der Waals surface area contributed by atoms with Gasteiger partial charge in [0.05, 0.1) is 0 Å². The molecule has 0 N–H and O–H groups in total. The third-order valence-corrected chi connectivity index (χ3v) is 4.07. The Balaban J connectivity index is 1.79. The second-order valence-corrected chi connectivity index (χ2v) is 5.52. The van der Waals surface area contributed by atoms with Gasteiger partial charge in [-0.05, 0) is 28.7 Å². The van der Waals surface area contributed by atoms with Crippen LogP contribution in [0.4, 0.5) is 0 Å². The molecular formula is C22H16O. The van der Waals surface area contributed by atoms with Crippen molar-refractivity contribution in [2.75, 3.05) is 0 Å². The van der Waals surface area contributed by atoms with Crippen molar-refractivity contribution in [1.29, 1.82) is 0 Å². The summed E-state index contributed by atoms with van der Waals surface area (Å²) >= 11 is 0. The lowest BCUT2D eigenvalue weighted by Crippen LogP contribution is -1.77. The van der Waals surface area contributed by atoms with E-state index in [9.17, 15) is 0 Å². The Bertz CT molecular complexity index is 1030. The van der Waals surface area contributed by atoms with E-state index in [0.717, 1.165) is 33.2 Å². The zero-order chi connectivity index (χ0) is 15.6. The van der Waals surface area contributed by atoms with Crippen LogP contribution in [0.15, 0.2) is 77.7 Å². The molecule has 1 heteroatoms. The summed E-state index contributed by atoms with van der Waals surface area (Å²) in [6.07, 6.45) is 5.94. The molecular weight excluding hydrogens is 280 g/mol. The maximum Gasteiger partial charge on any atom is 0.142 e. The van der Waals surface area contributed by atoms with Gasteiger partial charge in [0.15, 0.2) is 0 Å². The topological polar surface area (TPSA) is 13.1 Å². The molecule has 1 heterocycles. The zero-order valence-electron chi connectivity index (χ0n) is 12.7. The summed E-state index contributed by atoms with van der Waals surface area (Å²) in [6, 6.07) is 22.8. The fraction of sp³-hybridized carbons (Fsp3) is 0. The van der Waals surface area contributed by atoms with Gasteiger partial charge in [0.2, 0.25) is 0 Å². The van der Waals surface area contributed by atoms with Crippen LogP contribution >= 0.6 is 0 Å². The van der Waals surface area contributed by atoms with Crippen molar-refractivity contribution in [3.05, 3.63) is 90.2 Å². The normalized spacial score (nSPS) is 11.5. The molecule has 0 saturated carbocycles. The maximum atomic E-state index is 6.06. The molecule has 0 unspecified atom stereocenters. The highest BCUT2D eigenvalue weighted by atomic mass is 16.3. The summed E-state index contributed by atoms with van der Waals surface area (Å²) < 4.78 is 6.06. The summed E-state index contributed by atoms with van der Waals surface area (Å²) in [5.41, 5.74) is 3.19. The van der Waals surface area contributed by atoms with Crippen molar-refractivity contribution >= 4 is 40.0 Å². The molecule has 0 radical (unpaired) electrons. The largest absolute Gasteiger partial charge is 0.456 e. The first-order valence-corrected chi connectivity index (χ1v) is 7.66. The predicted molar refractivity (Wildman–Crippen MR) is 99.2 cm³/mol. The van der Waals surface area contributed by atoms with Crippen molar-refractivity contribution in [3.8, 4) is 0 Å². The molecule has 0 aliphatic carbocycles. The molecule has 0 bridgehead atoms. The monoisotopic (exact) mass is 296 g/mol. The molecule has 3 aromatic carbocycles. The average molecular weight is 296 g/mol. The maximum absolute atomic E-state index is 6.06. The number of benzene rings is 3. The summed E-state index contributed by atoms with van der Waals surface area (Å²) in [7, 11) is 0. The number of rotatable bonds is 3. The van der Waals surface area contributed by atoms with E-state index in [1.165, 1.54) is 5.39 Å². The van der Waals surface area contributed by atoms with E-state index in [1.807, 2.05) is 36.4 Å². The molecule has 4 aromatic rings. The number of fused-ring (bicyclic) bond motifs is 3. The predicted octanol–water partition coefficient (Wildman–Crippen LogP) is 6.40. The number of hydrogen-bond acceptors (Lipinski definition) is 1. The van der Waals surface area contributed by atoms with Crippen LogP contribution in [0.2, 0.25) is 0 Å². The summed E-state index contributed by atoms with van der Waals surface area (Å²) in [4.78, 5) is 0. The molecule has 0 saturated heterocycles. The van der Waals surface area contributed by atoms with Gasteiger partial charge >= 0.3 is 0 Å². The third-order valence-electron chi connectivity index (χ3n) is 4.07. The van der Waals surface area contributed by atoms with Crippen LogP contribution in [0.3, 0.4) is 0 Å². The minimum atomic E-state index is 0.857. The van der Waals surface area contributed by atoms with E-state index < -0.39 is 0 Å². The highest BCUT2D eigenvalue weighted by Gasteiger charge is 2.05. The highest BCUT2D eigenvalue weighted by Crippen LogP contribution is 2.29. The molecule has 0 atom stereocenters. The van der Waals surface area contributed by atoms with Crippen molar-refractivity contribution in [2.24, 2.45) is 0 Å². The number of hydrogen-bond donors (Lipinski definition) is 0. The van der Waals surface area contributed by atoms with Gasteiger partial charge < -0.3 is 4.42 Å². The van der Waals surface area contributed by atoms with Crippen LogP contribution < -0.4 is 0 Å². The van der Waals surface area contributed by atoms with Crippen LogP contribution in [0.1, 0.15) is 16.9 Å². The van der Waals surface area contributed by atoms with Crippen molar-refractivity contribution in [3.63, 3.8) is 0 Å². The van der Waals surface area contributed by atoms with Crippen molar-refractivity contribution in [1.82, 2.24) is 0 Å². The molecule has 0 spiro atoms. The SMILES string of the molecule is C=Cc1ccccc1/C=C\c1cc2ccc3ccccc3c2o1. The molecule has 0 aliphatic heterocycles. The van der Waals surface area contributed by atoms with Crippen molar-refractivity contribution in [2.45, 2.75) is 0 Å². The molecule has 1 aromatic heterocycles. The van der Waals surface area contributed by atoms with E-state index in [4.69, 9.17) is 4.42 Å². The Morgan fingerprint density at radius 3 is 2.35 bits per heavy atom. The molecule has 0 aliphatic rings. The smallest absolute Gasteiger partial charge is 0.142 e. The van der Waals surface area contributed by atoms with E-state index >= 15 is 0 Å². The van der Waals surface area contributed by atoms with E-state index in [-0.39, 0.29) is 0 Å². The first kappa shape index (κ1) is 13.6. The van der Waals surface area contributed by atoms with Gasteiger partial charge in [-0.3, -0.25) is 0 Å². The van der Waals surface area contributed by atoms with Gasteiger partial charge in [-0.25, -0.2) is 0 Å². The Morgan fingerprint density at radius 2 is 1.48 bits per heavy atom. The summed E-state index contributed by atoms with van der Waals surface area (Å²) in [5, 5.41) is 3.47. The molecule has 110 valence electrons. The summed E-state index contributed by atoms with van der Waals surface area (Å²) in [6.45, 7) is 3.86. The lowest BCUT2D eigenvalue weighted by atomic mass is 10.1. The van der Waals surface area contributed by atoms with Gasteiger partial charge in [-0.2, -0.15) is 0 Å². The van der Waals surface area contributed by atoms with E-state index in [2.05, 4.69) is 55.1 Å². The lowest BCUT2D eigenvalue weighted by molar-refractivity contribution is 0.608. The average Bonchev–Trinajstić information content (AvgIpc) is 3.04. The minimum Gasteiger partial charge on any atom is -0.456 e. The van der Waals surface area contributed by atoms with Crippen LogP contribution in [-0.4, -0.2) is 0 Å². The Hall–Kier alpha value is -3.06. The fourth-order valence-corrected chi connectivity index (χ4v) is 2.89. The summed E-state index contributed by atoms with van der Waals surface area (Å²) in [5.74, 6) is 0.857. The molecule has 4 rings (SSSR count). The van der Waals surface area contributed by atoms with Crippen LogP contribution in [0.5, 0.6) is 0 Å². The standard InChI is InChI=1S/C22H16O/c1-2-16-7-3-4-8-17(16)13-14-20-15-19-12-11-18-9-5-6-10-21(18)22(19)23-20/h2-15H,1H2/b14-13-. The van der Waals surface area contributed by atoms with Crippen LogP contribution in [0, 0.1) is 0 Å². The Morgan fingerprint density at radius 1 is 0.739 bits per heavy atom. The Kier molecular flexibility index (Phi) is 3.32. The molecule has 23 heavy (non-hydrogen) atoms. The molecule has 1 nitrogen and oxygen atoms in total. The zero-order valence-corrected chi connectivity index (χ0v) is 12.7. The van der Waals surface area contributed by atoms with E-state index in [1.54, 1.807) is 0 Å². The molecule has 0 fully saturated rings. The van der Waals surface area contributed by atoms with Gasteiger partial charge in [-0.1, -0.05) is 79.4 Å². The van der Waals surface area contributed by atoms with Crippen molar-refractivity contribution < 1.29 is 4.42 Å². The van der Waals surface area contributed by atoms with Gasteiger partial charge in [0.25, 0.3) is 0 Å². The first-order chi connectivity index (χ1) is 11.3. The molecule has 0 amide bonds. The van der Waals surface area contributed by atoms with Crippen LogP contribution in [-0.2, 0) is 0 Å². The number of furan rings is 1. The fourth-order valence-electron chi connectivity index (χ4n) is 2.89. The highest BCUT2D eigenvalue weighted by molar-refractivity contribution is 6.04. The van der Waals surface area contributed by atoms with E-state index in [0.29, 0.717) is 0 Å². The third kappa shape index (κ3) is 2.47. The van der Waals surface area contributed by atoms with Gasteiger partial charge in [0, 0.05) is 10.8 Å². The lowest BCUT2D eigenvalue weighted by Gasteiger charge is -1.98. The first-order valence-electron chi connectivity index (χ1n) is 7.66. The van der Waals surface area contributed by atoms with Gasteiger partial charge in [-0.15, -0.1) is 0 Å². The second-order valence-electron chi connectivity index (χ2n) is 5.52. The minimum absolute atomic E-state index is 0.857. The quantitative estimate of drug-likeness (QED) is 0.426. The van der Waals surface area contributed by atoms with Crippen LogP contribution in [0.25, 0.3) is 40.0 Å². The second kappa shape index (κ2) is 5.62. The Labute approximate surface area is 135 Å². The van der Waals surface area contributed by atoms with Gasteiger partial charge in [0.1, 0.15) is 11.3 Å².